The first kappa shape index (κ1) is 10.6. The highest BCUT2D eigenvalue weighted by atomic mass is 19.4. The van der Waals surface area contributed by atoms with E-state index in [1.807, 2.05) is 5.32 Å². The van der Waals surface area contributed by atoms with Crippen LogP contribution < -0.4 is 11.1 Å². The molecule has 0 saturated heterocycles. The molecular formula is C9H8F3N3O. The van der Waals surface area contributed by atoms with E-state index in [1.165, 1.54) is 6.07 Å². The maximum atomic E-state index is 11.9. The predicted molar refractivity (Wildman–Crippen MR) is 53.0 cm³/mol. The number of halogens is 3. The number of rotatable bonds is 2. The minimum atomic E-state index is -4.31. The van der Waals surface area contributed by atoms with Crippen LogP contribution in [0.1, 0.15) is 0 Å². The summed E-state index contributed by atoms with van der Waals surface area (Å²) < 4.78 is 40.8. The quantitative estimate of drug-likeness (QED) is 0.779. The van der Waals surface area contributed by atoms with Crippen molar-refractivity contribution in [1.29, 1.82) is 0 Å². The fourth-order valence-electron chi connectivity index (χ4n) is 1.20. The zero-order valence-electron chi connectivity index (χ0n) is 8.01. The number of nitrogens with zero attached hydrogens (tertiary/aromatic N) is 1. The maximum absolute atomic E-state index is 11.9. The number of hydrogen-bond acceptors (Lipinski definition) is 4. The molecule has 2 aromatic rings. The summed E-state index contributed by atoms with van der Waals surface area (Å²) in [6.07, 6.45) is -4.31. The van der Waals surface area contributed by atoms with Crippen molar-refractivity contribution in [1.82, 2.24) is 4.98 Å². The molecule has 2 rings (SSSR count). The fourth-order valence-corrected chi connectivity index (χ4v) is 1.20. The molecule has 86 valence electrons. The third-order valence-electron chi connectivity index (χ3n) is 1.85. The molecule has 0 aliphatic rings. The van der Waals surface area contributed by atoms with Gasteiger partial charge in [0.2, 0.25) is 0 Å². The van der Waals surface area contributed by atoms with Crippen molar-refractivity contribution in [3.8, 4) is 0 Å². The molecule has 0 aliphatic heterocycles. The van der Waals surface area contributed by atoms with Gasteiger partial charge in [-0.1, -0.05) is 0 Å². The van der Waals surface area contributed by atoms with E-state index in [0.717, 1.165) is 0 Å². The van der Waals surface area contributed by atoms with Gasteiger partial charge in [-0.25, -0.2) is 0 Å². The van der Waals surface area contributed by atoms with Crippen LogP contribution in [0.2, 0.25) is 0 Å². The fraction of sp³-hybridized carbons (Fsp3) is 0.222. The van der Waals surface area contributed by atoms with Gasteiger partial charge in [0, 0.05) is 5.69 Å². The number of fused-ring (bicyclic) bond motifs is 1. The van der Waals surface area contributed by atoms with E-state index in [4.69, 9.17) is 10.2 Å². The second kappa shape index (κ2) is 3.58. The lowest BCUT2D eigenvalue weighted by atomic mass is 10.3. The molecule has 16 heavy (non-hydrogen) atoms. The lowest BCUT2D eigenvalue weighted by molar-refractivity contribution is -0.115. The number of alkyl halides is 3. The lowest BCUT2D eigenvalue weighted by Crippen LogP contribution is -2.21. The third kappa shape index (κ3) is 2.36. The van der Waals surface area contributed by atoms with Gasteiger partial charge in [0.1, 0.15) is 12.1 Å². The van der Waals surface area contributed by atoms with Gasteiger partial charge >= 0.3 is 6.18 Å². The highest BCUT2D eigenvalue weighted by Gasteiger charge is 2.27. The Morgan fingerprint density at radius 3 is 2.81 bits per heavy atom. The van der Waals surface area contributed by atoms with Crippen molar-refractivity contribution in [2.45, 2.75) is 6.18 Å². The van der Waals surface area contributed by atoms with E-state index < -0.39 is 12.7 Å². The molecule has 1 aromatic heterocycles. The highest BCUT2D eigenvalue weighted by Crippen LogP contribution is 2.22. The highest BCUT2D eigenvalue weighted by molar-refractivity contribution is 5.78. The Labute approximate surface area is 88.2 Å². The lowest BCUT2D eigenvalue weighted by Gasteiger charge is -2.04. The Hall–Kier alpha value is -1.92. The molecule has 0 bridgehead atoms. The Kier molecular flexibility index (Phi) is 2.37. The van der Waals surface area contributed by atoms with Gasteiger partial charge in [-0.05, 0) is 18.2 Å². The van der Waals surface area contributed by atoms with Crippen molar-refractivity contribution in [2.24, 2.45) is 0 Å². The molecule has 1 aromatic carbocycles. The van der Waals surface area contributed by atoms with Crippen LogP contribution in [0.15, 0.2) is 22.6 Å². The molecule has 0 spiro atoms. The minimum Gasteiger partial charge on any atom is -0.424 e. The van der Waals surface area contributed by atoms with Crippen LogP contribution in [-0.2, 0) is 0 Å². The minimum absolute atomic E-state index is 0.169. The van der Waals surface area contributed by atoms with E-state index in [9.17, 15) is 13.2 Å². The number of nitrogens with two attached hydrogens (primary N) is 1. The van der Waals surface area contributed by atoms with Crippen molar-refractivity contribution >= 4 is 22.8 Å². The number of anilines is 2. The zero-order chi connectivity index (χ0) is 11.8. The van der Waals surface area contributed by atoms with E-state index >= 15 is 0 Å². The molecule has 0 aliphatic carbocycles. The average molecular weight is 231 g/mol. The van der Waals surface area contributed by atoms with Crippen molar-refractivity contribution < 1.29 is 17.6 Å². The molecule has 0 amide bonds. The largest absolute Gasteiger partial charge is 0.424 e. The van der Waals surface area contributed by atoms with Crippen molar-refractivity contribution in [2.75, 3.05) is 17.6 Å². The monoisotopic (exact) mass is 231 g/mol. The first-order valence-corrected chi connectivity index (χ1v) is 4.41. The number of oxazole rings is 1. The van der Waals surface area contributed by atoms with E-state index in [2.05, 4.69) is 4.98 Å². The Balaban J connectivity index is 2.20. The van der Waals surface area contributed by atoms with Crippen molar-refractivity contribution in [3.05, 3.63) is 18.2 Å². The topological polar surface area (TPSA) is 64.1 Å². The summed E-state index contributed by atoms with van der Waals surface area (Å²) >= 11 is 0. The van der Waals surface area contributed by atoms with Crippen LogP contribution in [0.5, 0.6) is 0 Å². The van der Waals surface area contributed by atoms with E-state index in [-0.39, 0.29) is 6.01 Å². The Bertz CT molecular complexity index is 506. The first-order valence-electron chi connectivity index (χ1n) is 4.41. The zero-order valence-corrected chi connectivity index (χ0v) is 8.01. The average Bonchev–Trinajstić information content (AvgIpc) is 2.55. The van der Waals surface area contributed by atoms with E-state index in [1.54, 1.807) is 12.1 Å². The molecule has 0 unspecified atom stereocenters. The molecule has 0 radical (unpaired) electrons. The van der Waals surface area contributed by atoms with Crippen LogP contribution in [0.4, 0.5) is 24.9 Å². The number of nitrogens with one attached hydrogen (secondary N) is 1. The molecule has 0 atom stereocenters. The molecule has 0 saturated carbocycles. The predicted octanol–water partition coefficient (Wildman–Crippen LogP) is 2.38. The second-order valence-corrected chi connectivity index (χ2v) is 3.21. The van der Waals surface area contributed by atoms with Crippen LogP contribution >= 0.6 is 0 Å². The van der Waals surface area contributed by atoms with Gasteiger partial charge in [-0.3, -0.25) is 0 Å². The van der Waals surface area contributed by atoms with Crippen LogP contribution in [-0.4, -0.2) is 17.7 Å². The molecule has 1 heterocycles. The number of benzene rings is 1. The number of nitrogen functional groups attached to an aromatic ring is 1. The van der Waals surface area contributed by atoms with E-state index in [0.29, 0.717) is 16.8 Å². The Morgan fingerprint density at radius 2 is 2.12 bits per heavy atom. The summed E-state index contributed by atoms with van der Waals surface area (Å²) in [5.74, 6) is 0. The summed E-state index contributed by atoms with van der Waals surface area (Å²) in [5.41, 5.74) is 6.78. The number of aromatic nitrogens is 1. The smallest absolute Gasteiger partial charge is 0.405 e. The standard InChI is InChI=1S/C9H8F3N3O/c10-9(11,12)4-14-8-15-6-3-5(13)1-2-7(6)16-8/h1-3H,4,13H2,(H,14,15). The molecule has 4 nitrogen and oxygen atoms in total. The van der Waals surface area contributed by atoms with Gasteiger partial charge in [0.25, 0.3) is 6.01 Å². The molecular weight excluding hydrogens is 223 g/mol. The van der Waals surface area contributed by atoms with Crippen molar-refractivity contribution in [3.63, 3.8) is 0 Å². The van der Waals surface area contributed by atoms with Gasteiger partial charge in [0.05, 0.1) is 0 Å². The summed E-state index contributed by atoms with van der Waals surface area (Å²) in [6, 6.07) is 4.49. The summed E-state index contributed by atoms with van der Waals surface area (Å²) in [5, 5.41) is 2.05. The normalized spacial score (nSPS) is 11.9. The third-order valence-corrected chi connectivity index (χ3v) is 1.85. The van der Waals surface area contributed by atoms with Crippen LogP contribution in [0, 0.1) is 0 Å². The summed E-state index contributed by atoms with van der Waals surface area (Å²) in [4.78, 5) is 3.82. The SMILES string of the molecule is Nc1ccc2oc(NCC(F)(F)F)nc2c1. The maximum Gasteiger partial charge on any atom is 0.405 e. The first-order chi connectivity index (χ1) is 7.44. The summed E-state index contributed by atoms with van der Waals surface area (Å²) in [7, 11) is 0. The van der Waals surface area contributed by atoms with Crippen LogP contribution in [0.25, 0.3) is 11.1 Å². The summed E-state index contributed by atoms with van der Waals surface area (Å²) in [6.45, 7) is -1.19. The van der Waals surface area contributed by atoms with Gasteiger partial charge in [0.15, 0.2) is 5.58 Å². The number of hydrogen-bond donors (Lipinski definition) is 2. The second-order valence-electron chi connectivity index (χ2n) is 3.21. The van der Waals surface area contributed by atoms with Crippen LogP contribution in [0.3, 0.4) is 0 Å². The molecule has 7 heteroatoms. The van der Waals surface area contributed by atoms with Gasteiger partial charge < -0.3 is 15.5 Å². The van der Waals surface area contributed by atoms with Gasteiger partial charge in [-0.15, -0.1) is 0 Å². The Morgan fingerprint density at radius 1 is 1.38 bits per heavy atom. The van der Waals surface area contributed by atoms with Gasteiger partial charge in [-0.2, -0.15) is 18.2 Å². The molecule has 3 N–H and O–H groups in total. The molecule has 0 fully saturated rings.